The second-order valence-electron chi connectivity index (χ2n) is 4.78. The van der Waals surface area contributed by atoms with Crippen molar-refractivity contribution in [1.82, 2.24) is 5.32 Å². The molecule has 0 spiro atoms. The van der Waals surface area contributed by atoms with E-state index >= 15 is 0 Å². The summed E-state index contributed by atoms with van der Waals surface area (Å²) in [5.74, 6) is -0.576. The molecule has 20 heavy (non-hydrogen) atoms. The highest BCUT2D eigenvalue weighted by molar-refractivity contribution is 5.91. The maximum atomic E-state index is 13.4. The number of carbonyl (C=O) groups is 1. The van der Waals surface area contributed by atoms with E-state index in [4.69, 9.17) is 4.74 Å². The lowest BCUT2D eigenvalue weighted by molar-refractivity contribution is -0.117. The lowest BCUT2D eigenvalue weighted by atomic mass is 10.1. The number of hydrogen-bond donors (Lipinski definition) is 2. The second-order valence-corrected chi connectivity index (χ2v) is 4.78. The van der Waals surface area contributed by atoms with E-state index in [1.807, 2.05) is 13.8 Å². The molecular weight excluding hydrogens is 261 g/mol. The molecule has 1 unspecified atom stereocenters. The molecule has 2 N–H and O–H groups in total. The predicted octanol–water partition coefficient (Wildman–Crippen LogP) is 1.98. The molecule has 0 radical (unpaired) electrons. The largest absolute Gasteiger partial charge is 0.494 e. The van der Waals surface area contributed by atoms with Gasteiger partial charge in [-0.3, -0.25) is 4.79 Å². The van der Waals surface area contributed by atoms with Crippen molar-refractivity contribution in [3.63, 3.8) is 0 Å². The average Bonchev–Trinajstić information content (AvgIpc) is 2.42. The molecule has 0 saturated heterocycles. The van der Waals surface area contributed by atoms with Gasteiger partial charge in [0.15, 0.2) is 11.6 Å². The Bertz CT molecular complexity index is 486. The zero-order chi connectivity index (χ0) is 15.1. The number of ether oxygens (including phenoxy) is 1. The van der Waals surface area contributed by atoms with E-state index in [1.165, 1.54) is 31.4 Å². The summed E-state index contributed by atoms with van der Waals surface area (Å²) in [6.07, 6.45) is 2.22. The number of aliphatic hydroxyl groups excluding tert-OH is 1. The van der Waals surface area contributed by atoms with Crippen molar-refractivity contribution < 1.29 is 19.0 Å². The van der Waals surface area contributed by atoms with Crippen molar-refractivity contribution in [2.45, 2.75) is 20.0 Å². The Morgan fingerprint density at radius 1 is 1.50 bits per heavy atom. The number of benzene rings is 1. The van der Waals surface area contributed by atoms with E-state index in [0.717, 1.165) is 0 Å². The first-order chi connectivity index (χ1) is 9.43. The Hall–Kier alpha value is -1.88. The van der Waals surface area contributed by atoms with Crippen LogP contribution in [0.4, 0.5) is 4.39 Å². The van der Waals surface area contributed by atoms with Crippen LogP contribution in [0.25, 0.3) is 6.08 Å². The summed E-state index contributed by atoms with van der Waals surface area (Å²) in [5.41, 5.74) is 0.558. The highest BCUT2D eigenvalue weighted by atomic mass is 19.1. The fourth-order valence-electron chi connectivity index (χ4n) is 1.46. The monoisotopic (exact) mass is 281 g/mol. The molecule has 1 aromatic carbocycles. The van der Waals surface area contributed by atoms with Gasteiger partial charge in [-0.1, -0.05) is 19.9 Å². The summed E-state index contributed by atoms with van der Waals surface area (Å²) in [7, 11) is 1.39. The first-order valence-corrected chi connectivity index (χ1v) is 6.41. The second kappa shape index (κ2) is 7.65. The van der Waals surface area contributed by atoms with Crippen LogP contribution >= 0.6 is 0 Å². The maximum Gasteiger partial charge on any atom is 0.244 e. The van der Waals surface area contributed by atoms with Gasteiger partial charge in [0.25, 0.3) is 0 Å². The molecule has 1 rings (SSSR count). The summed E-state index contributed by atoms with van der Waals surface area (Å²) >= 11 is 0. The molecule has 1 amide bonds. The van der Waals surface area contributed by atoms with Crippen LogP contribution in [0.3, 0.4) is 0 Å². The molecule has 0 aliphatic rings. The number of halogens is 1. The first-order valence-electron chi connectivity index (χ1n) is 6.41. The molecule has 0 heterocycles. The van der Waals surface area contributed by atoms with Crippen molar-refractivity contribution in [2.75, 3.05) is 13.7 Å². The van der Waals surface area contributed by atoms with Crippen LogP contribution in [0, 0.1) is 11.7 Å². The maximum absolute atomic E-state index is 13.4. The van der Waals surface area contributed by atoms with E-state index in [0.29, 0.717) is 5.56 Å². The molecule has 5 heteroatoms. The lowest BCUT2D eigenvalue weighted by Crippen LogP contribution is -2.33. The quantitative estimate of drug-likeness (QED) is 0.784. The Kier molecular flexibility index (Phi) is 6.18. The van der Waals surface area contributed by atoms with Crippen LogP contribution < -0.4 is 10.1 Å². The summed E-state index contributed by atoms with van der Waals surface area (Å²) in [5, 5.41) is 12.1. The zero-order valence-corrected chi connectivity index (χ0v) is 11.9. The number of carbonyl (C=O) groups excluding carboxylic acids is 1. The molecule has 110 valence electrons. The highest BCUT2D eigenvalue weighted by Gasteiger charge is 2.09. The van der Waals surface area contributed by atoms with Crippen LogP contribution in [-0.2, 0) is 4.79 Å². The van der Waals surface area contributed by atoms with Crippen LogP contribution in [0.15, 0.2) is 24.3 Å². The Labute approximate surface area is 118 Å². The van der Waals surface area contributed by atoms with Crippen molar-refractivity contribution in [3.05, 3.63) is 35.7 Å². The molecule has 1 atom stereocenters. The van der Waals surface area contributed by atoms with Gasteiger partial charge in [-0.25, -0.2) is 4.39 Å². The van der Waals surface area contributed by atoms with Gasteiger partial charge in [-0.05, 0) is 29.7 Å². The topological polar surface area (TPSA) is 58.6 Å². The van der Waals surface area contributed by atoms with E-state index in [2.05, 4.69) is 5.32 Å². The summed E-state index contributed by atoms with van der Waals surface area (Å²) in [4.78, 5) is 11.5. The van der Waals surface area contributed by atoms with Crippen molar-refractivity contribution in [2.24, 2.45) is 5.92 Å². The molecule has 4 nitrogen and oxygen atoms in total. The van der Waals surface area contributed by atoms with Gasteiger partial charge in [0.2, 0.25) is 5.91 Å². The standard InChI is InChI=1S/C15H20FNO3/c1-10(2)13(18)9-17-15(19)7-5-11-4-6-14(20-3)12(16)8-11/h4-8,10,13,18H,9H2,1-3H3,(H,17,19)/b7-5+. The minimum Gasteiger partial charge on any atom is -0.494 e. The van der Waals surface area contributed by atoms with E-state index in [9.17, 15) is 14.3 Å². The summed E-state index contributed by atoms with van der Waals surface area (Å²) < 4.78 is 18.2. The summed E-state index contributed by atoms with van der Waals surface area (Å²) in [6, 6.07) is 4.43. The van der Waals surface area contributed by atoms with Gasteiger partial charge in [0.05, 0.1) is 13.2 Å². The smallest absolute Gasteiger partial charge is 0.244 e. The third-order valence-electron chi connectivity index (χ3n) is 2.86. The van der Waals surface area contributed by atoms with Crippen molar-refractivity contribution in [1.29, 1.82) is 0 Å². The van der Waals surface area contributed by atoms with Crippen LogP contribution in [-0.4, -0.2) is 30.8 Å². The molecule has 0 saturated carbocycles. The molecule has 0 aliphatic heterocycles. The fourth-order valence-corrected chi connectivity index (χ4v) is 1.46. The number of nitrogens with one attached hydrogen (secondary N) is 1. The number of aliphatic hydroxyl groups is 1. The van der Waals surface area contributed by atoms with Crippen LogP contribution in [0.2, 0.25) is 0 Å². The van der Waals surface area contributed by atoms with Crippen molar-refractivity contribution >= 4 is 12.0 Å². The molecule has 0 aliphatic carbocycles. The normalized spacial score (nSPS) is 12.7. The Morgan fingerprint density at radius 2 is 2.20 bits per heavy atom. The fraction of sp³-hybridized carbons (Fsp3) is 0.400. The SMILES string of the molecule is COc1ccc(/C=C/C(=O)NCC(O)C(C)C)cc1F. The Morgan fingerprint density at radius 3 is 2.75 bits per heavy atom. The third-order valence-corrected chi connectivity index (χ3v) is 2.86. The molecule has 0 fully saturated rings. The van der Waals surface area contributed by atoms with E-state index in [-0.39, 0.29) is 24.1 Å². The van der Waals surface area contributed by atoms with Gasteiger partial charge >= 0.3 is 0 Å². The molecule has 0 bridgehead atoms. The number of methoxy groups -OCH3 is 1. The average molecular weight is 281 g/mol. The van der Waals surface area contributed by atoms with Gasteiger partial charge in [0, 0.05) is 12.6 Å². The first kappa shape index (κ1) is 16.2. The van der Waals surface area contributed by atoms with Gasteiger partial charge < -0.3 is 15.2 Å². The number of hydrogen-bond acceptors (Lipinski definition) is 3. The minimum absolute atomic E-state index is 0.0787. The molecule has 1 aromatic rings. The van der Waals surface area contributed by atoms with Gasteiger partial charge in [-0.15, -0.1) is 0 Å². The van der Waals surface area contributed by atoms with Crippen LogP contribution in [0.5, 0.6) is 5.75 Å². The minimum atomic E-state index is -0.578. The van der Waals surface area contributed by atoms with Crippen molar-refractivity contribution in [3.8, 4) is 5.75 Å². The zero-order valence-electron chi connectivity index (χ0n) is 11.9. The summed E-state index contributed by atoms with van der Waals surface area (Å²) in [6.45, 7) is 3.93. The highest BCUT2D eigenvalue weighted by Crippen LogP contribution is 2.18. The Balaban J connectivity index is 2.55. The predicted molar refractivity (Wildman–Crippen MR) is 75.8 cm³/mol. The molecule has 0 aromatic heterocycles. The van der Waals surface area contributed by atoms with Gasteiger partial charge in [0.1, 0.15) is 0 Å². The van der Waals surface area contributed by atoms with Crippen LogP contribution in [0.1, 0.15) is 19.4 Å². The number of amides is 1. The third kappa shape index (κ3) is 5.01. The lowest BCUT2D eigenvalue weighted by Gasteiger charge is -2.13. The molecular formula is C15H20FNO3. The van der Waals surface area contributed by atoms with E-state index in [1.54, 1.807) is 6.07 Å². The number of rotatable bonds is 6. The van der Waals surface area contributed by atoms with Gasteiger partial charge in [-0.2, -0.15) is 0 Å². The van der Waals surface area contributed by atoms with E-state index < -0.39 is 11.9 Å².